The third kappa shape index (κ3) is 7.52. The molecule has 6 heterocycles. The van der Waals surface area contributed by atoms with Gasteiger partial charge in [0.25, 0.3) is 5.91 Å². The van der Waals surface area contributed by atoms with E-state index in [1.807, 2.05) is 50.4 Å². The zero-order valence-corrected chi connectivity index (χ0v) is 30.8. The molecule has 3 aliphatic rings. The van der Waals surface area contributed by atoms with Crippen molar-refractivity contribution in [1.29, 1.82) is 0 Å². The van der Waals surface area contributed by atoms with E-state index in [9.17, 15) is 4.79 Å². The molecule has 3 saturated heterocycles. The number of aryl methyl sites for hydroxylation is 1. The molecular formula is C39H45FN10O4. The van der Waals surface area contributed by atoms with Crippen molar-refractivity contribution < 1.29 is 23.4 Å². The number of ether oxygens (including phenoxy) is 3. The molecule has 15 heteroatoms. The van der Waals surface area contributed by atoms with Gasteiger partial charge in [0.1, 0.15) is 35.7 Å². The molecule has 0 saturated carbocycles. The number of methoxy groups -OCH3 is 1. The van der Waals surface area contributed by atoms with Crippen molar-refractivity contribution >= 4 is 45.3 Å². The molecule has 14 nitrogen and oxygen atoms in total. The lowest BCUT2D eigenvalue weighted by Gasteiger charge is -2.41. The number of carbonyl (C=O) groups is 1. The molecular weight excluding hydrogens is 691 g/mol. The Bertz CT molecular complexity index is 2180. The Morgan fingerprint density at radius 3 is 2.57 bits per heavy atom. The predicted molar refractivity (Wildman–Crippen MR) is 205 cm³/mol. The molecule has 1 amide bonds. The second-order valence-corrected chi connectivity index (χ2v) is 14.1. The molecule has 3 aromatic heterocycles. The van der Waals surface area contributed by atoms with Gasteiger partial charge in [0.05, 0.1) is 42.9 Å². The number of carbonyl (C=O) groups excluding carboxylic acids is 1. The lowest BCUT2D eigenvalue weighted by molar-refractivity contribution is -0.114. The summed E-state index contributed by atoms with van der Waals surface area (Å²) < 4.78 is 34.8. The van der Waals surface area contributed by atoms with Crippen molar-refractivity contribution in [2.24, 2.45) is 0 Å². The van der Waals surface area contributed by atoms with Gasteiger partial charge in [-0.2, -0.15) is 5.10 Å². The van der Waals surface area contributed by atoms with Crippen LogP contribution in [0.2, 0.25) is 0 Å². The van der Waals surface area contributed by atoms with Crippen molar-refractivity contribution in [2.75, 3.05) is 75.6 Å². The van der Waals surface area contributed by atoms with E-state index in [4.69, 9.17) is 14.2 Å². The van der Waals surface area contributed by atoms with Crippen LogP contribution in [-0.2, 0) is 9.53 Å². The molecule has 0 unspecified atom stereocenters. The number of rotatable bonds is 10. The number of amides is 1. The summed E-state index contributed by atoms with van der Waals surface area (Å²) in [5, 5.41) is 11.1. The Balaban J connectivity index is 1.09. The Hall–Kier alpha value is -5.38. The average molecular weight is 737 g/mol. The van der Waals surface area contributed by atoms with Crippen molar-refractivity contribution in [3.8, 4) is 17.2 Å². The van der Waals surface area contributed by atoms with Gasteiger partial charge in [0.15, 0.2) is 11.5 Å². The SMILES string of the molecule is COc1cc(Oc2ccn3ncnc3c2)c(C)cc1Nc1ncnc2cc(N3CCC(N4CCOCC4)CC3)c(NC(=O)/C(F)=C\[C@H]3CCCN3C)cc12. The number of fused-ring (bicyclic) bond motifs is 2. The lowest BCUT2D eigenvalue weighted by atomic mass is 10.0. The minimum atomic E-state index is -0.794. The maximum atomic E-state index is 15.5. The number of nitrogens with one attached hydrogen (secondary N) is 2. The Morgan fingerprint density at radius 1 is 0.963 bits per heavy atom. The van der Waals surface area contributed by atoms with Crippen LogP contribution in [0.3, 0.4) is 0 Å². The fourth-order valence-electron chi connectivity index (χ4n) is 7.70. The van der Waals surface area contributed by atoms with E-state index < -0.39 is 11.7 Å². The first-order valence-electron chi connectivity index (χ1n) is 18.5. The van der Waals surface area contributed by atoms with Crippen LogP contribution in [0.25, 0.3) is 16.6 Å². The van der Waals surface area contributed by atoms with Gasteiger partial charge in [-0.15, -0.1) is 0 Å². The number of benzene rings is 2. The van der Waals surface area contributed by atoms with Crippen LogP contribution < -0.4 is 25.0 Å². The zero-order chi connectivity index (χ0) is 37.2. The Kier molecular flexibility index (Phi) is 10.3. The molecule has 54 heavy (non-hydrogen) atoms. The van der Waals surface area contributed by atoms with Crippen molar-refractivity contribution in [3.05, 3.63) is 72.7 Å². The number of likely N-dealkylation sites (N-methyl/N-ethyl adjacent to an activating group) is 1. The fourth-order valence-corrected chi connectivity index (χ4v) is 7.70. The summed E-state index contributed by atoms with van der Waals surface area (Å²) in [5.41, 5.74) is 4.15. The number of halogens is 1. The van der Waals surface area contributed by atoms with Crippen LogP contribution >= 0.6 is 0 Å². The molecule has 2 aromatic carbocycles. The van der Waals surface area contributed by atoms with Gasteiger partial charge in [0.2, 0.25) is 0 Å². The number of hydrogen-bond donors (Lipinski definition) is 2. The third-order valence-electron chi connectivity index (χ3n) is 10.7. The molecule has 0 bridgehead atoms. The molecule has 282 valence electrons. The molecule has 0 radical (unpaired) electrons. The molecule has 0 spiro atoms. The maximum Gasteiger partial charge on any atom is 0.284 e. The number of aromatic nitrogens is 5. The molecule has 3 fully saturated rings. The summed E-state index contributed by atoms with van der Waals surface area (Å²) in [5.74, 6) is 0.683. The van der Waals surface area contributed by atoms with Crippen LogP contribution in [0, 0.1) is 6.92 Å². The molecule has 3 aliphatic heterocycles. The van der Waals surface area contributed by atoms with Gasteiger partial charge in [-0.3, -0.25) is 14.6 Å². The van der Waals surface area contributed by atoms with Crippen molar-refractivity contribution in [2.45, 2.75) is 44.7 Å². The van der Waals surface area contributed by atoms with Gasteiger partial charge in [-0.25, -0.2) is 23.9 Å². The minimum Gasteiger partial charge on any atom is -0.494 e. The normalized spacial score (nSPS) is 19.1. The van der Waals surface area contributed by atoms with E-state index in [0.717, 1.165) is 82.9 Å². The first-order valence-corrected chi connectivity index (χ1v) is 18.5. The average Bonchev–Trinajstić information content (AvgIpc) is 3.84. The topological polar surface area (TPSA) is 135 Å². The second-order valence-electron chi connectivity index (χ2n) is 14.1. The third-order valence-corrected chi connectivity index (χ3v) is 10.7. The Morgan fingerprint density at radius 2 is 1.80 bits per heavy atom. The van der Waals surface area contributed by atoms with Gasteiger partial charge in [-0.1, -0.05) is 0 Å². The molecule has 8 rings (SSSR count). The summed E-state index contributed by atoms with van der Waals surface area (Å²) in [6.45, 7) is 7.80. The predicted octanol–water partition coefficient (Wildman–Crippen LogP) is 5.71. The summed E-state index contributed by atoms with van der Waals surface area (Å²) >= 11 is 0. The van der Waals surface area contributed by atoms with Crippen LogP contribution in [0.1, 0.15) is 31.2 Å². The van der Waals surface area contributed by atoms with Crippen molar-refractivity contribution in [1.82, 2.24) is 34.4 Å². The number of piperidine rings is 1. The number of morpholine rings is 1. The van der Waals surface area contributed by atoms with E-state index in [1.54, 1.807) is 17.8 Å². The fraction of sp³-hybridized carbons (Fsp3) is 0.410. The van der Waals surface area contributed by atoms with Gasteiger partial charge < -0.3 is 29.7 Å². The van der Waals surface area contributed by atoms with E-state index in [0.29, 0.717) is 57.0 Å². The standard InChI is InChI=1S/C39H45FN10O4/c1-25-17-33(36(52-3)22-35(25)54-28-8-12-50-37(19-28)42-24-44-50)45-38-29-20-32(46-39(51)30(40)18-27-5-4-9-47(27)2)34(21-31(29)41-23-43-38)49-10-6-26(7-11-49)48-13-15-53-16-14-48/h8,12,17-24,26-27H,4-7,9-11,13-16H2,1-3H3,(H,46,51)(H,41,43,45)/b30-18+/t27-/m1/s1. The lowest BCUT2D eigenvalue weighted by Crippen LogP contribution is -2.49. The highest BCUT2D eigenvalue weighted by molar-refractivity contribution is 6.07. The maximum absolute atomic E-state index is 15.5. The van der Waals surface area contributed by atoms with E-state index in [-0.39, 0.29) is 6.04 Å². The summed E-state index contributed by atoms with van der Waals surface area (Å²) in [6.07, 6.45) is 9.95. The summed E-state index contributed by atoms with van der Waals surface area (Å²) in [6, 6.07) is 11.5. The van der Waals surface area contributed by atoms with Gasteiger partial charge in [-0.05, 0) is 82.1 Å². The number of nitrogens with zero attached hydrogens (tertiary/aromatic N) is 8. The first-order chi connectivity index (χ1) is 26.3. The molecule has 2 N–H and O–H groups in total. The van der Waals surface area contributed by atoms with Crippen molar-refractivity contribution in [3.63, 3.8) is 0 Å². The number of anilines is 4. The molecule has 1 atom stereocenters. The minimum absolute atomic E-state index is 0.108. The quantitative estimate of drug-likeness (QED) is 0.170. The monoisotopic (exact) mass is 736 g/mol. The Labute approximate surface area is 312 Å². The van der Waals surface area contributed by atoms with E-state index in [2.05, 4.69) is 45.4 Å². The zero-order valence-electron chi connectivity index (χ0n) is 30.8. The highest BCUT2D eigenvalue weighted by Crippen LogP contribution is 2.40. The highest BCUT2D eigenvalue weighted by atomic mass is 19.1. The first kappa shape index (κ1) is 35.6. The number of likely N-dealkylation sites (tertiary alicyclic amines) is 1. The van der Waals surface area contributed by atoms with Crippen LogP contribution in [0.5, 0.6) is 17.2 Å². The second kappa shape index (κ2) is 15.5. The van der Waals surface area contributed by atoms with E-state index in [1.165, 1.54) is 18.7 Å². The highest BCUT2D eigenvalue weighted by Gasteiger charge is 2.28. The van der Waals surface area contributed by atoms with Crippen LogP contribution in [0.4, 0.5) is 27.3 Å². The summed E-state index contributed by atoms with van der Waals surface area (Å²) in [4.78, 5) is 33.8. The molecule has 5 aromatic rings. The van der Waals surface area contributed by atoms with Gasteiger partial charge in [0, 0.05) is 62.0 Å². The van der Waals surface area contributed by atoms with Gasteiger partial charge >= 0.3 is 0 Å². The summed E-state index contributed by atoms with van der Waals surface area (Å²) in [7, 11) is 3.54. The van der Waals surface area contributed by atoms with Crippen LogP contribution in [0.15, 0.2) is 67.2 Å². The largest absolute Gasteiger partial charge is 0.494 e. The number of pyridine rings is 1. The van der Waals surface area contributed by atoms with Crippen LogP contribution in [-0.4, -0.2) is 112 Å². The van der Waals surface area contributed by atoms with E-state index >= 15 is 4.39 Å². The number of hydrogen-bond acceptors (Lipinski definition) is 12. The molecule has 0 aliphatic carbocycles. The smallest absolute Gasteiger partial charge is 0.284 e.